The summed E-state index contributed by atoms with van der Waals surface area (Å²) < 4.78 is 0. The molecule has 0 bridgehead atoms. The van der Waals surface area contributed by atoms with Crippen molar-refractivity contribution in [2.24, 2.45) is 0 Å². The van der Waals surface area contributed by atoms with Gasteiger partial charge in [0.1, 0.15) is 0 Å². The van der Waals surface area contributed by atoms with Crippen molar-refractivity contribution < 1.29 is 0 Å². The predicted octanol–water partition coefficient (Wildman–Crippen LogP) is 6.31. The fourth-order valence-corrected chi connectivity index (χ4v) is 4.55. The smallest absolute Gasteiger partial charge is 0.00145 e. The molecule has 0 aliphatic carbocycles. The minimum absolute atomic E-state index is 1.23. The van der Waals surface area contributed by atoms with E-state index >= 15 is 0 Å². The Labute approximate surface area is 146 Å². The van der Waals surface area contributed by atoms with E-state index in [1.807, 2.05) is 0 Å². The first-order chi connectivity index (χ1) is 11.3. The lowest BCUT2D eigenvalue weighted by Gasteiger charge is -2.16. The molecule has 3 heteroatoms. The molecule has 2 heterocycles. The Morgan fingerprint density at radius 2 is 1.17 bits per heavy atom. The summed E-state index contributed by atoms with van der Waals surface area (Å²) in [5, 5.41) is 9.96. The van der Waals surface area contributed by atoms with E-state index < -0.39 is 0 Å². The summed E-state index contributed by atoms with van der Waals surface area (Å²) in [4.78, 5) is 0. The Kier molecular flexibility index (Phi) is 4.13. The molecule has 0 amide bonds. The van der Waals surface area contributed by atoms with Gasteiger partial charge in [-0.1, -0.05) is 42.5 Å². The Morgan fingerprint density at radius 3 is 1.70 bits per heavy atom. The summed E-state index contributed by atoms with van der Waals surface area (Å²) in [6.45, 7) is 0. The van der Waals surface area contributed by atoms with Gasteiger partial charge in [0.15, 0.2) is 0 Å². The molecular formula is C20H15PS2. The fourth-order valence-electron chi connectivity index (χ4n) is 2.88. The fraction of sp³-hybridized carbons (Fsp3) is 0. The van der Waals surface area contributed by atoms with Crippen LogP contribution in [-0.2, 0) is 0 Å². The molecule has 0 radical (unpaired) electrons. The number of rotatable bonds is 3. The summed E-state index contributed by atoms with van der Waals surface area (Å²) in [5.74, 6) is 0. The first-order valence-electron chi connectivity index (χ1n) is 7.37. The van der Waals surface area contributed by atoms with Gasteiger partial charge >= 0.3 is 0 Å². The second-order valence-corrected chi connectivity index (χ2v) is 7.52. The molecule has 0 saturated carbocycles. The Bertz CT molecular complexity index is 870. The number of hydrogen-bond donors (Lipinski definition) is 0. The standard InChI is InChI=1S/C20H15PS2/c21-19-7-2-1-4-18(19)20-16(14-8-10-22-12-14)5-3-6-17(20)15-9-11-23-13-15/h1-13H,21H2. The highest BCUT2D eigenvalue weighted by molar-refractivity contribution is 7.28. The molecule has 0 aliphatic rings. The number of hydrogen-bond acceptors (Lipinski definition) is 2. The zero-order valence-corrected chi connectivity index (χ0v) is 15.2. The van der Waals surface area contributed by atoms with Crippen molar-refractivity contribution in [3.8, 4) is 33.4 Å². The van der Waals surface area contributed by atoms with Gasteiger partial charge < -0.3 is 0 Å². The van der Waals surface area contributed by atoms with Gasteiger partial charge in [0.25, 0.3) is 0 Å². The van der Waals surface area contributed by atoms with Crippen molar-refractivity contribution in [1.29, 1.82) is 0 Å². The summed E-state index contributed by atoms with van der Waals surface area (Å²) in [6, 6.07) is 19.6. The third-order valence-corrected chi connectivity index (χ3v) is 5.83. The van der Waals surface area contributed by atoms with Gasteiger partial charge in [0, 0.05) is 0 Å². The topological polar surface area (TPSA) is 0 Å². The van der Waals surface area contributed by atoms with E-state index in [4.69, 9.17) is 0 Å². The lowest BCUT2D eigenvalue weighted by Crippen LogP contribution is -1.99. The van der Waals surface area contributed by atoms with Crippen molar-refractivity contribution in [3.05, 3.63) is 76.1 Å². The molecule has 2 aromatic carbocycles. The number of thiophene rings is 2. The van der Waals surface area contributed by atoms with Crippen LogP contribution in [0.15, 0.2) is 76.1 Å². The predicted molar refractivity (Wildman–Crippen MR) is 108 cm³/mol. The van der Waals surface area contributed by atoms with Crippen molar-refractivity contribution in [1.82, 2.24) is 0 Å². The number of benzene rings is 2. The van der Waals surface area contributed by atoms with Crippen LogP contribution < -0.4 is 5.30 Å². The van der Waals surface area contributed by atoms with Gasteiger partial charge in [-0.05, 0) is 72.3 Å². The van der Waals surface area contributed by atoms with Crippen LogP contribution in [0.2, 0.25) is 0 Å². The molecule has 0 N–H and O–H groups in total. The average molecular weight is 350 g/mol. The van der Waals surface area contributed by atoms with E-state index in [1.54, 1.807) is 22.7 Å². The SMILES string of the molecule is Pc1ccccc1-c1c(-c2ccsc2)cccc1-c1ccsc1. The van der Waals surface area contributed by atoms with Crippen LogP contribution in [-0.4, -0.2) is 0 Å². The van der Waals surface area contributed by atoms with E-state index in [0.717, 1.165) is 0 Å². The Balaban J connectivity index is 2.06. The lowest BCUT2D eigenvalue weighted by molar-refractivity contribution is 1.61. The molecule has 0 fully saturated rings. The molecule has 4 aromatic rings. The summed E-state index contributed by atoms with van der Waals surface area (Å²) in [6.07, 6.45) is 0. The van der Waals surface area contributed by atoms with Gasteiger partial charge in [-0.3, -0.25) is 0 Å². The van der Waals surface area contributed by atoms with Crippen LogP contribution in [0, 0.1) is 0 Å². The maximum atomic E-state index is 2.88. The zero-order valence-electron chi connectivity index (χ0n) is 12.4. The average Bonchev–Trinajstić information content (AvgIpc) is 3.28. The summed E-state index contributed by atoms with van der Waals surface area (Å²) in [7, 11) is 2.88. The van der Waals surface area contributed by atoms with E-state index in [1.165, 1.54) is 38.7 Å². The molecule has 112 valence electrons. The summed E-state index contributed by atoms with van der Waals surface area (Å²) >= 11 is 3.49. The normalized spacial score (nSPS) is 10.8. The molecule has 23 heavy (non-hydrogen) atoms. The van der Waals surface area contributed by atoms with Crippen LogP contribution in [0.4, 0.5) is 0 Å². The van der Waals surface area contributed by atoms with Gasteiger partial charge in [0.05, 0.1) is 0 Å². The molecule has 1 unspecified atom stereocenters. The highest BCUT2D eigenvalue weighted by atomic mass is 32.1. The third kappa shape index (κ3) is 2.79. The van der Waals surface area contributed by atoms with Gasteiger partial charge in [-0.2, -0.15) is 22.7 Å². The van der Waals surface area contributed by atoms with E-state index in [9.17, 15) is 0 Å². The molecular weight excluding hydrogens is 335 g/mol. The molecule has 0 nitrogen and oxygen atoms in total. The van der Waals surface area contributed by atoms with Crippen LogP contribution in [0.1, 0.15) is 0 Å². The van der Waals surface area contributed by atoms with Gasteiger partial charge in [-0.15, -0.1) is 9.24 Å². The van der Waals surface area contributed by atoms with Crippen molar-refractivity contribution in [3.63, 3.8) is 0 Å². The highest BCUT2D eigenvalue weighted by Crippen LogP contribution is 2.40. The van der Waals surface area contributed by atoms with Crippen LogP contribution in [0.3, 0.4) is 0 Å². The van der Waals surface area contributed by atoms with E-state index in [0.29, 0.717) is 0 Å². The van der Waals surface area contributed by atoms with Crippen molar-refractivity contribution in [2.75, 3.05) is 0 Å². The van der Waals surface area contributed by atoms with Crippen molar-refractivity contribution in [2.45, 2.75) is 0 Å². The minimum atomic E-state index is 1.23. The largest absolute Gasteiger partial charge is 0.152 e. The van der Waals surface area contributed by atoms with Gasteiger partial charge in [0.2, 0.25) is 0 Å². The molecule has 0 saturated heterocycles. The monoisotopic (exact) mass is 350 g/mol. The highest BCUT2D eigenvalue weighted by Gasteiger charge is 2.15. The van der Waals surface area contributed by atoms with E-state index in [2.05, 4.69) is 85.4 Å². The Hall–Kier alpha value is -1.73. The summed E-state index contributed by atoms with van der Waals surface area (Å²) in [5.41, 5.74) is 7.76. The van der Waals surface area contributed by atoms with Gasteiger partial charge in [-0.25, -0.2) is 0 Å². The maximum absolute atomic E-state index is 2.88. The van der Waals surface area contributed by atoms with Crippen LogP contribution >= 0.6 is 31.9 Å². The lowest BCUT2D eigenvalue weighted by atomic mass is 9.89. The van der Waals surface area contributed by atoms with Crippen LogP contribution in [0.5, 0.6) is 0 Å². The Morgan fingerprint density at radius 1 is 0.609 bits per heavy atom. The molecule has 1 atom stereocenters. The second kappa shape index (κ2) is 6.41. The minimum Gasteiger partial charge on any atom is -0.152 e. The molecule has 2 aromatic heterocycles. The van der Waals surface area contributed by atoms with E-state index in [-0.39, 0.29) is 0 Å². The molecule has 4 rings (SSSR count). The van der Waals surface area contributed by atoms with Crippen molar-refractivity contribution >= 4 is 37.2 Å². The quantitative estimate of drug-likeness (QED) is 0.380. The molecule has 0 spiro atoms. The first-order valence-corrected chi connectivity index (χ1v) is 9.84. The third-order valence-electron chi connectivity index (χ3n) is 3.96. The molecule has 0 aliphatic heterocycles. The zero-order chi connectivity index (χ0) is 15.6. The second-order valence-electron chi connectivity index (χ2n) is 5.34. The first kappa shape index (κ1) is 14.8. The maximum Gasteiger partial charge on any atom is -0.00145 e. The van der Waals surface area contributed by atoms with Crippen LogP contribution in [0.25, 0.3) is 33.4 Å².